The number of rotatable bonds is 22. The molecule has 0 radical (unpaired) electrons. The summed E-state index contributed by atoms with van der Waals surface area (Å²) in [5.41, 5.74) is 8.90. The van der Waals surface area contributed by atoms with Crippen LogP contribution in [0.5, 0.6) is 0 Å². The second-order valence-corrected chi connectivity index (χ2v) is 14.8. The molecule has 1 aliphatic rings. The number of benzene rings is 1. The molecule has 1 aromatic carbocycles. The second kappa shape index (κ2) is 22.5. The van der Waals surface area contributed by atoms with Crippen LogP contribution in [-0.4, -0.2) is 11.6 Å². The van der Waals surface area contributed by atoms with Crippen molar-refractivity contribution < 1.29 is 9.59 Å². The first-order valence-corrected chi connectivity index (χ1v) is 18.6. The highest BCUT2D eigenvalue weighted by Crippen LogP contribution is 2.24. The van der Waals surface area contributed by atoms with Crippen molar-refractivity contribution in [1.82, 2.24) is 0 Å². The van der Waals surface area contributed by atoms with E-state index in [0.717, 1.165) is 50.4 Å². The fourth-order valence-corrected chi connectivity index (χ4v) is 6.25. The summed E-state index contributed by atoms with van der Waals surface area (Å²) in [5, 5.41) is 0. The van der Waals surface area contributed by atoms with E-state index in [9.17, 15) is 9.59 Å². The minimum Gasteiger partial charge on any atom is -0.289 e. The molecular formula is C45H66O2. The molecule has 258 valence electrons. The minimum atomic E-state index is -0.0668. The Morgan fingerprint density at radius 1 is 0.574 bits per heavy atom. The molecule has 2 nitrogen and oxygen atoms in total. The topological polar surface area (TPSA) is 34.1 Å². The Morgan fingerprint density at radius 2 is 1.02 bits per heavy atom. The maximum Gasteiger partial charge on any atom is 0.190 e. The van der Waals surface area contributed by atoms with Crippen LogP contribution in [0, 0.1) is 11.8 Å². The van der Waals surface area contributed by atoms with Gasteiger partial charge in [-0.3, -0.25) is 9.59 Å². The molecule has 0 saturated carbocycles. The van der Waals surface area contributed by atoms with Crippen molar-refractivity contribution in [3.63, 3.8) is 0 Å². The lowest BCUT2D eigenvalue weighted by molar-refractivity contribution is 0.0983. The maximum atomic E-state index is 12.8. The van der Waals surface area contributed by atoms with E-state index in [1.54, 1.807) is 23.8 Å². The van der Waals surface area contributed by atoms with Gasteiger partial charge in [0.2, 0.25) is 0 Å². The molecule has 0 unspecified atom stereocenters. The van der Waals surface area contributed by atoms with Gasteiger partial charge in [0.05, 0.1) is 0 Å². The van der Waals surface area contributed by atoms with Crippen LogP contribution in [0.25, 0.3) is 0 Å². The fourth-order valence-electron chi connectivity index (χ4n) is 6.25. The Kier molecular flexibility index (Phi) is 19.3. The summed E-state index contributed by atoms with van der Waals surface area (Å²) in [5.74, 6) is 1.62. The van der Waals surface area contributed by atoms with Crippen LogP contribution < -0.4 is 0 Å². The molecule has 0 N–H and O–H groups in total. The molecule has 1 aliphatic carbocycles. The third-order valence-electron chi connectivity index (χ3n) is 9.58. The van der Waals surface area contributed by atoms with E-state index in [2.05, 4.69) is 85.8 Å². The summed E-state index contributed by atoms with van der Waals surface area (Å²) in [7, 11) is 0. The molecule has 0 aliphatic heterocycles. The summed E-state index contributed by atoms with van der Waals surface area (Å²) in [6.07, 6.45) is 30.7. The monoisotopic (exact) mass is 639 g/mol. The number of hydrogen-bond acceptors (Lipinski definition) is 2. The van der Waals surface area contributed by atoms with Gasteiger partial charge < -0.3 is 0 Å². The Balaban J connectivity index is 1.60. The summed E-state index contributed by atoms with van der Waals surface area (Å²) in [6, 6.07) is 7.11. The Labute approximate surface area is 289 Å². The van der Waals surface area contributed by atoms with Crippen molar-refractivity contribution >= 4 is 11.6 Å². The molecule has 2 rings (SSSR count). The largest absolute Gasteiger partial charge is 0.289 e. The number of carbonyl (C=O) groups is 2. The van der Waals surface area contributed by atoms with Gasteiger partial charge in [-0.1, -0.05) is 129 Å². The number of Topliss-reactive ketones (excluding diaryl/α,β-unsaturated/α-hetero) is 1. The molecule has 0 spiro atoms. The molecule has 1 atom stereocenters. The molecular weight excluding hydrogens is 572 g/mol. The van der Waals surface area contributed by atoms with E-state index in [1.165, 1.54) is 79.7 Å². The van der Waals surface area contributed by atoms with Gasteiger partial charge in [-0.25, -0.2) is 0 Å². The molecule has 0 heterocycles. The highest BCUT2D eigenvalue weighted by atomic mass is 16.1. The van der Waals surface area contributed by atoms with Gasteiger partial charge in [-0.15, -0.1) is 0 Å². The molecule has 0 bridgehead atoms. The van der Waals surface area contributed by atoms with Crippen molar-refractivity contribution in [1.29, 1.82) is 0 Å². The van der Waals surface area contributed by atoms with E-state index in [1.807, 2.05) is 6.07 Å². The van der Waals surface area contributed by atoms with Crippen LogP contribution in [0.1, 0.15) is 172 Å². The van der Waals surface area contributed by atoms with Crippen molar-refractivity contribution in [3.8, 4) is 0 Å². The fraction of sp³-hybridized carbons (Fsp3) is 0.556. The Hall–Kier alpha value is -3.00. The molecule has 1 aromatic rings. The van der Waals surface area contributed by atoms with Gasteiger partial charge in [0, 0.05) is 16.7 Å². The van der Waals surface area contributed by atoms with Crippen molar-refractivity contribution in [2.75, 3.05) is 0 Å². The van der Waals surface area contributed by atoms with Gasteiger partial charge in [-0.2, -0.15) is 0 Å². The lowest BCUT2D eigenvalue weighted by Gasteiger charge is -2.14. The molecule has 47 heavy (non-hydrogen) atoms. The highest BCUT2D eigenvalue weighted by Gasteiger charge is 2.24. The lowest BCUT2D eigenvalue weighted by Crippen LogP contribution is -2.16. The third kappa shape index (κ3) is 17.1. The average molecular weight is 639 g/mol. The van der Waals surface area contributed by atoms with Crippen LogP contribution in [0.3, 0.4) is 0 Å². The van der Waals surface area contributed by atoms with Crippen molar-refractivity contribution in [2.45, 2.75) is 152 Å². The highest BCUT2D eigenvalue weighted by molar-refractivity contribution is 6.24. The Bertz CT molecular complexity index is 1320. The van der Waals surface area contributed by atoms with E-state index in [4.69, 9.17) is 0 Å². The molecule has 0 amide bonds. The van der Waals surface area contributed by atoms with Gasteiger partial charge in [0.15, 0.2) is 11.6 Å². The molecule has 0 aromatic heterocycles. The predicted octanol–water partition coefficient (Wildman–Crippen LogP) is 13.9. The van der Waals surface area contributed by atoms with Crippen molar-refractivity contribution in [2.24, 2.45) is 11.8 Å². The van der Waals surface area contributed by atoms with Gasteiger partial charge >= 0.3 is 0 Å². The lowest BCUT2D eigenvalue weighted by atomic mass is 9.88. The average Bonchev–Trinajstić information content (AvgIpc) is 3.02. The first kappa shape index (κ1) is 40.2. The Morgan fingerprint density at radius 3 is 1.53 bits per heavy atom. The first-order valence-electron chi connectivity index (χ1n) is 18.6. The van der Waals surface area contributed by atoms with Crippen LogP contribution >= 0.6 is 0 Å². The summed E-state index contributed by atoms with van der Waals surface area (Å²) < 4.78 is 0. The van der Waals surface area contributed by atoms with E-state index >= 15 is 0 Å². The van der Waals surface area contributed by atoms with E-state index in [-0.39, 0.29) is 11.6 Å². The maximum absolute atomic E-state index is 12.8. The smallest absolute Gasteiger partial charge is 0.190 e. The second-order valence-electron chi connectivity index (χ2n) is 14.8. The van der Waals surface area contributed by atoms with Gasteiger partial charge in [0.1, 0.15) is 0 Å². The first-order chi connectivity index (χ1) is 22.5. The SMILES string of the molecule is C/C(=C/CC/C(C)=C\CC/C(C)=C/CC/C(C)=C/CC1=CC(=O)c2ccccc2C1=O)CC/C=C(/C)CCC[C@H](C)CCCC(C)C. The summed E-state index contributed by atoms with van der Waals surface area (Å²) in [6.45, 7) is 18.3. The molecule has 0 fully saturated rings. The van der Waals surface area contributed by atoms with Crippen molar-refractivity contribution in [3.05, 3.63) is 105 Å². The van der Waals surface area contributed by atoms with Crippen LogP contribution in [0.15, 0.2) is 94.2 Å². The zero-order chi connectivity index (χ0) is 34.6. The van der Waals surface area contributed by atoms with Crippen LogP contribution in [0.4, 0.5) is 0 Å². The van der Waals surface area contributed by atoms with E-state index < -0.39 is 0 Å². The summed E-state index contributed by atoms with van der Waals surface area (Å²) >= 11 is 0. The summed E-state index contributed by atoms with van der Waals surface area (Å²) in [4.78, 5) is 25.2. The zero-order valence-electron chi connectivity index (χ0n) is 31.4. The molecule has 0 saturated heterocycles. The number of ketones is 2. The standard InChI is InChI=1S/C45H66O2/c1-34(2)17-11-18-35(3)19-12-20-36(4)21-13-22-37(5)23-14-24-38(6)25-15-26-39(7)27-16-28-40(8)31-32-41-33-44(46)42-29-9-10-30-43(42)45(41)47/h9-10,21,23,25,27,29-31,33-35H,11-20,22,24,26,28,32H2,1-8H3/b36-21-,37-23-,38-25-,39-27+,40-31+/t35-/m1/s1. The number of fused-ring (bicyclic) bond motifs is 1. The minimum absolute atomic E-state index is 0.0221. The zero-order valence-corrected chi connectivity index (χ0v) is 31.4. The number of carbonyl (C=O) groups excluding carboxylic acids is 2. The van der Waals surface area contributed by atoms with Crippen LogP contribution in [0.2, 0.25) is 0 Å². The number of hydrogen-bond donors (Lipinski definition) is 0. The number of allylic oxidation sites excluding steroid dienone is 12. The van der Waals surface area contributed by atoms with Gasteiger partial charge in [0.25, 0.3) is 0 Å². The van der Waals surface area contributed by atoms with Crippen LogP contribution in [-0.2, 0) is 0 Å². The third-order valence-corrected chi connectivity index (χ3v) is 9.58. The van der Waals surface area contributed by atoms with Gasteiger partial charge in [-0.05, 0) is 123 Å². The normalized spacial score (nSPS) is 15.8. The predicted molar refractivity (Wildman–Crippen MR) is 205 cm³/mol. The molecule has 2 heteroatoms. The van der Waals surface area contributed by atoms with E-state index in [0.29, 0.717) is 23.1 Å². The quantitative estimate of drug-likeness (QED) is 0.118.